The minimum absolute atomic E-state index is 0.0184. The van der Waals surface area contributed by atoms with Crippen LogP contribution in [-0.4, -0.2) is 18.0 Å². The Morgan fingerprint density at radius 2 is 1.76 bits per heavy atom. The van der Waals surface area contributed by atoms with E-state index >= 15 is 0 Å². The number of primary amides is 1. The third-order valence-electron chi connectivity index (χ3n) is 2.44. The molecule has 0 aliphatic rings. The first kappa shape index (κ1) is 13.2. The lowest BCUT2D eigenvalue weighted by atomic mass is 10.1. The minimum atomic E-state index is -0.837. The molecule has 1 aromatic carbocycles. The van der Waals surface area contributed by atoms with E-state index in [2.05, 4.69) is 5.32 Å². The van der Waals surface area contributed by atoms with Crippen LogP contribution in [0.3, 0.4) is 0 Å². The van der Waals surface area contributed by atoms with Gasteiger partial charge in [0.25, 0.3) is 0 Å². The number of imide groups is 1. The van der Waals surface area contributed by atoms with E-state index in [1.165, 1.54) is 0 Å². The lowest BCUT2D eigenvalue weighted by molar-refractivity contribution is -0.121. The molecule has 0 saturated heterocycles. The molecule has 17 heavy (non-hydrogen) atoms. The molecule has 0 bridgehead atoms. The topological polar surface area (TPSA) is 84.2 Å². The van der Waals surface area contributed by atoms with Gasteiger partial charge in [0.1, 0.15) is 0 Å². The van der Waals surface area contributed by atoms with Crippen LogP contribution in [0.2, 0.25) is 0 Å². The van der Waals surface area contributed by atoms with Crippen LogP contribution in [0, 0.1) is 0 Å². The number of nitrogens with two attached hydrogens (primary N) is 1. The van der Waals surface area contributed by atoms with Crippen molar-refractivity contribution in [3.05, 3.63) is 35.9 Å². The average Bonchev–Trinajstić information content (AvgIpc) is 2.29. The van der Waals surface area contributed by atoms with Gasteiger partial charge in [-0.1, -0.05) is 30.3 Å². The number of rotatable bonds is 4. The summed E-state index contributed by atoms with van der Waals surface area (Å²) in [5.74, 6) is -0.430. The fraction of sp³-hybridized carbons (Fsp3) is 0.333. The van der Waals surface area contributed by atoms with Gasteiger partial charge in [-0.15, -0.1) is 0 Å². The minimum Gasteiger partial charge on any atom is -0.351 e. The molecule has 0 saturated carbocycles. The highest BCUT2D eigenvalue weighted by Crippen LogP contribution is 2.11. The second-order valence-corrected chi connectivity index (χ2v) is 3.87. The van der Waals surface area contributed by atoms with Crippen molar-refractivity contribution in [3.63, 3.8) is 0 Å². The Balaban J connectivity index is 2.54. The molecule has 0 spiro atoms. The van der Waals surface area contributed by atoms with Gasteiger partial charge in [-0.3, -0.25) is 15.4 Å². The summed E-state index contributed by atoms with van der Waals surface area (Å²) in [4.78, 5) is 22.0. The van der Waals surface area contributed by atoms with Crippen molar-refractivity contribution in [2.24, 2.45) is 5.73 Å². The molecule has 3 amide bonds. The van der Waals surface area contributed by atoms with Gasteiger partial charge in [0.05, 0.1) is 6.04 Å². The van der Waals surface area contributed by atoms with E-state index in [-0.39, 0.29) is 6.04 Å². The Kier molecular flexibility index (Phi) is 4.66. The quantitative estimate of drug-likeness (QED) is 0.725. The van der Waals surface area contributed by atoms with Crippen molar-refractivity contribution in [2.45, 2.75) is 25.9 Å². The molecule has 0 heterocycles. The maximum atomic E-state index is 11.4. The Morgan fingerprint density at radius 1 is 1.18 bits per heavy atom. The number of amides is 3. The van der Waals surface area contributed by atoms with Crippen LogP contribution < -0.4 is 16.4 Å². The number of benzene rings is 1. The third-order valence-corrected chi connectivity index (χ3v) is 2.44. The Hall–Kier alpha value is -1.88. The predicted molar refractivity (Wildman–Crippen MR) is 65.2 cm³/mol. The molecule has 5 nitrogen and oxygen atoms in total. The maximum absolute atomic E-state index is 11.4. The van der Waals surface area contributed by atoms with Gasteiger partial charge in [0.2, 0.25) is 5.91 Å². The van der Waals surface area contributed by atoms with Gasteiger partial charge in [-0.25, -0.2) is 4.79 Å². The lowest BCUT2D eigenvalue weighted by Gasteiger charge is -2.19. The lowest BCUT2D eigenvalue weighted by Crippen LogP contribution is -2.47. The molecule has 0 fully saturated rings. The van der Waals surface area contributed by atoms with Crippen LogP contribution in [-0.2, 0) is 4.79 Å². The molecule has 5 heteroatoms. The normalized spacial score (nSPS) is 13.8. The van der Waals surface area contributed by atoms with Crippen LogP contribution in [0.5, 0.6) is 0 Å². The summed E-state index contributed by atoms with van der Waals surface area (Å²) in [6.45, 7) is 3.63. The van der Waals surface area contributed by atoms with Crippen molar-refractivity contribution in [2.75, 3.05) is 0 Å². The van der Waals surface area contributed by atoms with E-state index in [1.807, 2.05) is 42.6 Å². The largest absolute Gasteiger partial charge is 0.351 e. The second kappa shape index (κ2) is 6.00. The highest BCUT2D eigenvalue weighted by Gasteiger charge is 2.16. The standard InChI is InChI=1S/C12H17N3O2/c1-8(10-6-4-3-5-7-10)14-9(2)11(16)15-12(13)17/h3-9,14H,1-2H3,(H3,13,15,16,17)/t8-,9+/m0/s1. The van der Waals surface area contributed by atoms with Crippen molar-refractivity contribution >= 4 is 11.9 Å². The first-order chi connectivity index (χ1) is 8.00. The molecule has 1 aromatic rings. The molecule has 1 rings (SSSR count). The summed E-state index contributed by atoms with van der Waals surface area (Å²) >= 11 is 0. The number of carbonyl (C=O) groups excluding carboxylic acids is 2. The SMILES string of the molecule is C[C@H](N[C@H](C)C(=O)NC(N)=O)c1ccccc1. The first-order valence-electron chi connectivity index (χ1n) is 5.42. The molecular weight excluding hydrogens is 218 g/mol. The number of hydrogen-bond acceptors (Lipinski definition) is 3. The van der Waals surface area contributed by atoms with E-state index in [0.717, 1.165) is 5.56 Å². The van der Waals surface area contributed by atoms with Gasteiger partial charge in [-0.2, -0.15) is 0 Å². The summed E-state index contributed by atoms with van der Waals surface area (Å²) in [5, 5.41) is 5.12. The zero-order chi connectivity index (χ0) is 12.8. The molecule has 2 atom stereocenters. The van der Waals surface area contributed by atoms with Gasteiger partial charge in [-0.05, 0) is 19.4 Å². The Morgan fingerprint density at radius 3 is 2.29 bits per heavy atom. The number of hydrogen-bond donors (Lipinski definition) is 3. The molecule has 0 aromatic heterocycles. The van der Waals surface area contributed by atoms with E-state index in [0.29, 0.717) is 0 Å². The highest BCUT2D eigenvalue weighted by molar-refractivity contribution is 5.96. The number of urea groups is 1. The van der Waals surface area contributed by atoms with Gasteiger partial charge in [0.15, 0.2) is 0 Å². The van der Waals surface area contributed by atoms with Gasteiger partial charge < -0.3 is 5.73 Å². The number of nitrogens with one attached hydrogen (secondary N) is 2. The molecule has 0 aliphatic heterocycles. The Labute approximate surface area is 100 Å². The van der Waals surface area contributed by atoms with Gasteiger partial charge in [0, 0.05) is 6.04 Å². The molecule has 4 N–H and O–H groups in total. The second-order valence-electron chi connectivity index (χ2n) is 3.87. The van der Waals surface area contributed by atoms with Crippen LogP contribution >= 0.6 is 0 Å². The fourth-order valence-corrected chi connectivity index (χ4v) is 1.52. The van der Waals surface area contributed by atoms with Crippen molar-refractivity contribution < 1.29 is 9.59 Å². The average molecular weight is 235 g/mol. The zero-order valence-electron chi connectivity index (χ0n) is 9.94. The van der Waals surface area contributed by atoms with Crippen LogP contribution in [0.1, 0.15) is 25.5 Å². The first-order valence-corrected chi connectivity index (χ1v) is 5.42. The summed E-state index contributed by atoms with van der Waals surface area (Å²) in [7, 11) is 0. The van der Waals surface area contributed by atoms with E-state index in [1.54, 1.807) is 6.92 Å². The highest BCUT2D eigenvalue weighted by atomic mass is 16.2. The monoisotopic (exact) mass is 235 g/mol. The van der Waals surface area contributed by atoms with Crippen LogP contribution in [0.25, 0.3) is 0 Å². The van der Waals surface area contributed by atoms with E-state index < -0.39 is 18.0 Å². The van der Waals surface area contributed by atoms with E-state index in [9.17, 15) is 9.59 Å². The van der Waals surface area contributed by atoms with Crippen LogP contribution in [0.15, 0.2) is 30.3 Å². The summed E-state index contributed by atoms with van der Waals surface area (Å²) in [5.41, 5.74) is 5.95. The molecule has 0 radical (unpaired) electrons. The van der Waals surface area contributed by atoms with Crippen LogP contribution in [0.4, 0.5) is 4.79 Å². The van der Waals surface area contributed by atoms with Crippen molar-refractivity contribution in [3.8, 4) is 0 Å². The fourth-order valence-electron chi connectivity index (χ4n) is 1.52. The third kappa shape index (κ3) is 4.24. The van der Waals surface area contributed by atoms with Crippen molar-refractivity contribution in [1.82, 2.24) is 10.6 Å². The summed E-state index contributed by atoms with van der Waals surface area (Å²) in [6.07, 6.45) is 0. The summed E-state index contributed by atoms with van der Waals surface area (Å²) in [6, 6.07) is 8.42. The predicted octanol–water partition coefficient (Wildman–Crippen LogP) is 0.921. The van der Waals surface area contributed by atoms with Crippen molar-refractivity contribution in [1.29, 1.82) is 0 Å². The summed E-state index contributed by atoms with van der Waals surface area (Å²) < 4.78 is 0. The Bertz CT molecular complexity index is 392. The smallest absolute Gasteiger partial charge is 0.318 e. The molecule has 0 aliphatic carbocycles. The maximum Gasteiger partial charge on any atom is 0.318 e. The molecular formula is C12H17N3O2. The zero-order valence-corrected chi connectivity index (χ0v) is 9.94. The van der Waals surface area contributed by atoms with E-state index in [4.69, 9.17) is 5.73 Å². The van der Waals surface area contributed by atoms with Gasteiger partial charge >= 0.3 is 6.03 Å². The molecule has 0 unspecified atom stereocenters. The molecule has 92 valence electrons. The number of carbonyl (C=O) groups is 2.